The van der Waals surface area contributed by atoms with Crippen LogP contribution >= 0.6 is 0 Å². The molecule has 7 heteroatoms. The van der Waals surface area contributed by atoms with Gasteiger partial charge >= 0.3 is 5.97 Å². The SMILES string of the molecule is COCOc1ccc2c(=O)c(C(=O)O)cn(-c3cccc(O)c3)c2c1. The molecular formula is C18H15NO6. The maximum absolute atomic E-state index is 12.4. The van der Waals surface area contributed by atoms with Gasteiger partial charge < -0.3 is 24.3 Å². The van der Waals surface area contributed by atoms with Crippen molar-refractivity contribution in [2.75, 3.05) is 13.9 Å². The maximum Gasteiger partial charge on any atom is 0.341 e. The molecule has 2 N–H and O–H groups in total. The van der Waals surface area contributed by atoms with Crippen LogP contribution in [0.25, 0.3) is 16.6 Å². The van der Waals surface area contributed by atoms with E-state index >= 15 is 0 Å². The van der Waals surface area contributed by atoms with Crippen molar-refractivity contribution in [1.82, 2.24) is 4.57 Å². The molecule has 0 radical (unpaired) electrons. The Morgan fingerprint density at radius 2 is 2.00 bits per heavy atom. The molecule has 0 amide bonds. The highest BCUT2D eigenvalue weighted by atomic mass is 16.7. The third kappa shape index (κ3) is 3.17. The molecule has 1 heterocycles. The number of aromatic hydroxyl groups is 1. The van der Waals surface area contributed by atoms with Gasteiger partial charge in [0.1, 0.15) is 17.1 Å². The number of phenolic OH excluding ortho intramolecular Hbond substituents is 1. The molecule has 25 heavy (non-hydrogen) atoms. The van der Waals surface area contributed by atoms with Crippen molar-refractivity contribution in [3.63, 3.8) is 0 Å². The van der Waals surface area contributed by atoms with Crippen LogP contribution in [0.4, 0.5) is 0 Å². The molecule has 0 spiro atoms. The fraction of sp³-hybridized carbons (Fsp3) is 0.111. The number of aromatic nitrogens is 1. The zero-order valence-corrected chi connectivity index (χ0v) is 13.3. The van der Waals surface area contributed by atoms with Gasteiger partial charge in [0, 0.05) is 36.5 Å². The van der Waals surface area contributed by atoms with E-state index in [1.54, 1.807) is 24.3 Å². The topological polar surface area (TPSA) is 98.0 Å². The number of methoxy groups -OCH3 is 1. The first-order valence-electron chi connectivity index (χ1n) is 7.35. The average Bonchev–Trinajstić information content (AvgIpc) is 2.60. The number of rotatable bonds is 5. The standard InChI is InChI=1S/C18H15NO6/c1-24-10-25-13-5-6-14-16(8-13)19(9-15(17(14)21)18(22)23)11-3-2-4-12(20)7-11/h2-9,20H,10H2,1H3,(H,22,23). The predicted octanol–water partition coefficient (Wildman–Crippen LogP) is 2.38. The van der Waals surface area contributed by atoms with E-state index in [0.29, 0.717) is 17.0 Å². The lowest BCUT2D eigenvalue weighted by Gasteiger charge is -2.14. The average molecular weight is 341 g/mol. The number of ether oxygens (including phenoxy) is 2. The molecule has 3 aromatic rings. The van der Waals surface area contributed by atoms with E-state index in [2.05, 4.69) is 0 Å². The van der Waals surface area contributed by atoms with E-state index in [4.69, 9.17) is 9.47 Å². The largest absolute Gasteiger partial charge is 0.508 e. The van der Waals surface area contributed by atoms with Gasteiger partial charge in [-0.2, -0.15) is 0 Å². The highest BCUT2D eigenvalue weighted by Crippen LogP contribution is 2.24. The fourth-order valence-electron chi connectivity index (χ4n) is 2.53. The number of nitrogens with zero attached hydrogens (tertiary/aromatic N) is 1. The molecule has 0 saturated heterocycles. The van der Waals surface area contributed by atoms with Crippen molar-refractivity contribution in [3.05, 3.63) is 64.4 Å². The van der Waals surface area contributed by atoms with E-state index < -0.39 is 11.4 Å². The van der Waals surface area contributed by atoms with Crippen molar-refractivity contribution in [2.45, 2.75) is 0 Å². The van der Waals surface area contributed by atoms with Crippen LogP contribution in [0.3, 0.4) is 0 Å². The van der Waals surface area contributed by atoms with Gasteiger partial charge in [0.05, 0.1) is 5.52 Å². The Kier molecular flexibility index (Phi) is 4.40. The second-order valence-electron chi connectivity index (χ2n) is 5.30. The number of aromatic carboxylic acids is 1. The van der Waals surface area contributed by atoms with Gasteiger partial charge in [-0.05, 0) is 24.3 Å². The summed E-state index contributed by atoms with van der Waals surface area (Å²) in [7, 11) is 1.49. The summed E-state index contributed by atoms with van der Waals surface area (Å²) in [5, 5.41) is 19.3. The fourth-order valence-corrected chi connectivity index (χ4v) is 2.53. The lowest BCUT2D eigenvalue weighted by atomic mass is 10.1. The van der Waals surface area contributed by atoms with Crippen LogP contribution in [0.15, 0.2) is 53.5 Å². The number of carbonyl (C=O) groups is 1. The third-order valence-corrected chi connectivity index (χ3v) is 3.66. The first-order valence-corrected chi connectivity index (χ1v) is 7.35. The quantitative estimate of drug-likeness (QED) is 0.692. The number of phenols is 1. The van der Waals surface area contributed by atoms with Gasteiger partial charge in [-0.1, -0.05) is 6.07 Å². The van der Waals surface area contributed by atoms with E-state index in [1.165, 1.54) is 36.1 Å². The van der Waals surface area contributed by atoms with Crippen LogP contribution < -0.4 is 10.2 Å². The molecular weight excluding hydrogens is 326 g/mol. The van der Waals surface area contributed by atoms with Gasteiger partial charge in [-0.15, -0.1) is 0 Å². The van der Waals surface area contributed by atoms with Crippen molar-refractivity contribution < 1.29 is 24.5 Å². The molecule has 0 saturated carbocycles. The molecule has 0 aliphatic carbocycles. The van der Waals surface area contributed by atoms with Gasteiger partial charge in [-0.3, -0.25) is 4.79 Å². The van der Waals surface area contributed by atoms with Crippen molar-refractivity contribution in [2.24, 2.45) is 0 Å². The molecule has 0 aliphatic heterocycles. The number of fused-ring (bicyclic) bond motifs is 1. The van der Waals surface area contributed by atoms with Gasteiger partial charge in [0.25, 0.3) is 0 Å². The number of hydrogen-bond acceptors (Lipinski definition) is 5. The highest BCUT2D eigenvalue weighted by Gasteiger charge is 2.16. The van der Waals surface area contributed by atoms with Crippen LogP contribution in [0, 0.1) is 0 Å². The molecule has 3 rings (SSSR count). The Hall–Kier alpha value is -3.32. The Labute approximate surface area is 142 Å². The molecule has 128 valence electrons. The Morgan fingerprint density at radius 3 is 2.68 bits per heavy atom. The molecule has 0 aliphatic rings. The second kappa shape index (κ2) is 6.66. The minimum absolute atomic E-state index is 0.0213. The van der Waals surface area contributed by atoms with E-state index in [0.717, 1.165) is 0 Å². The third-order valence-electron chi connectivity index (χ3n) is 3.66. The summed E-state index contributed by atoms with van der Waals surface area (Å²) in [5.41, 5.74) is 0.0178. The first-order chi connectivity index (χ1) is 12.0. The maximum atomic E-state index is 12.4. The van der Waals surface area contributed by atoms with Crippen molar-refractivity contribution in [3.8, 4) is 17.2 Å². The molecule has 0 bridgehead atoms. The van der Waals surface area contributed by atoms with Gasteiger partial charge in [0.15, 0.2) is 6.79 Å². The summed E-state index contributed by atoms with van der Waals surface area (Å²) in [5.74, 6) is -0.834. The number of carboxylic acid groups (broad SMARTS) is 1. The zero-order valence-electron chi connectivity index (χ0n) is 13.3. The Morgan fingerprint density at radius 1 is 1.20 bits per heavy atom. The zero-order chi connectivity index (χ0) is 18.0. The molecule has 1 aromatic heterocycles. The van der Waals surface area contributed by atoms with Crippen molar-refractivity contribution >= 4 is 16.9 Å². The van der Waals surface area contributed by atoms with E-state index in [1.807, 2.05) is 0 Å². The van der Waals surface area contributed by atoms with Crippen molar-refractivity contribution in [1.29, 1.82) is 0 Å². The van der Waals surface area contributed by atoms with Crippen LogP contribution in [0.5, 0.6) is 11.5 Å². The normalized spacial score (nSPS) is 10.8. The molecule has 0 fully saturated rings. The molecule has 2 aromatic carbocycles. The van der Waals surface area contributed by atoms with Crippen LogP contribution in [-0.4, -0.2) is 34.7 Å². The van der Waals surface area contributed by atoms with Crippen LogP contribution in [0.1, 0.15) is 10.4 Å². The number of carboxylic acids is 1. The summed E-state index contributed by atoms with van der Waals surface area (Å²) in [6.45, 7) is 0.0368. The second-order valence-corrected chi connectivity index (χ2v) is 5.30. The summed E-state index contributed by atoms with van der Waals surface area (Å²) < 4.78 is 11.8. The predicted molar refractivity (Wildman–Crippen MR) is 90.7 cm³/mol. The number of hydrogen-bond donors (Lipinski definition) is 2. The summed E-state index contributed by atoms with van der Waals surface area (Å²) in [6, 6.07) is 11.0. The summed E-state index contributed by atoms with van der Waals surface area (Å²) >= 11 is 0. The van der Waals surface area contributed by atoms with Crippen LogP contribution in [-0.2, 0) is 4.74 Å². The van der Waals surface area contributed by atoms with E-state index in [9.17, 15) is 19.8 Å². The van der Waals surface area contributed by atoms with E-state index in [-0.39, 0.29) is 23.5 Å². The smallest absolute Gasteiger partial charge is 0.341 e. The minimum Gasteiger partial charge on any atom is -0.508 e. The minimum atomic E-state index is -1.32. The highest BCUT2D eigenvalue weighted by molar-refractivity contribution is 5.93. The summed E-state index contributed by atoms with van der Waals surface area (Å²) in [6.07, 6.45) is 1.24. The van der Waals surface area contributed by atoms with Gasteiger partial charge in [-0.25, -0.2) is 4.79 Å². The van der Waals surface area contributed by atoms with Gasteiger partial charge in [0.2, 0.25) is 5.43 Å². The number of pyridine rings is 1. The molecule has 7 nitrogen and oxygen atoms in total. The Balaban J connectivity index is 2.32. The Bertz CT molecular complexity index is 1010. The lowest BCUT2D eigenvalue weighted by Crippen LogP contribution is -2.18. The monoisotopic (exact) mass is 341 g/mol. The first kappa shape index (κ1) is 16.5. The molecule has 0 unspecified atom stereocenters. The summed E-state index contributed by atoms with van der Waals surface area (Å²) in [4.78, 5) is 23.9. The number of benzene rings is 2. The lowest BCUT2D eigenvalue weighted by molar-refractivity contribution is 0.0512. The van der Waals surface area contributed by atoms with Crippen LogP contribution in [0.2, 0.25) is 0 Å². The molecule has 0 atom stereocenters.